The highest BCUT2D eigenvalue weighted by Crippen LogP contribution is 2.26. The van der Waals surface area contributed by atoms with E-state index in [4.69, 9.17) is 5.73 Å². The minimum Gasteiger partial charge on any atom is -0.352 e. The number of hydrogen-bond acceptors (Lipinski definition) is 2. The lowest BCUT2D eigenvalue weighted by molar-refractivity contribution is -0.122. The van der Waals surface area contributed by atoms with Gasteiger partial charge in [0.25, 0.3) is 0 Å². The van der Waals surface area contributed by atoms with Gasteiger partial charge in [0.2, 0.25) is 5.91 Å². The van der Waals surface area contributed by atoms with Crippen LogP contribution in [-0.4, -0.2) is 18.5 Å². The van der Waals surface area contributed by atoms with Crippen LogP contribution in [0.3, 0.4) is 0 Å². The smallest absolute Gasteiger partial charge is 0.220 e. The second kappa shape index (κ2) is 8.51. The van der Waals surface area contributed by atoms with Gasteiger partial charge in [0.05, 0.1) is 0 Å². The molecule has 1 unspecified atom stereocenters. The maximum absolute atomic E-state index is 11.8. The summed E-state index contributed by atoms with van der Waals surface area (Å²) in [7, 11) is 0. The summed E-state index contributed by atoms with van der Waals surface area (Å²) in [4.78, 5) is 11.8. The Morgan fingerprint density at radius 1 is 1.29 bits per heavy atom. The fourth-order valence-corrected chi connectivity index (χ4v) is 2.72. The highest BCUT2D eigenvalue weighted by molar-refractivity contribution is 5.76. The lowest BCUT2D eigenvalue weighted by Gasteiger charge is -2.30. The van der Waals surface area contributed by atoms with Gasteiger partial charge in [0.15, 0.2) is 0 Å². The molecule has 1 fully saturated rings. The van der Waals surface area contributed by atoms with Crippen LogP contribution in [-0.2, 0) is 4.79 Å². The summed E-state index contributed by atoms with van der Waals surface area (Å²) in [6, 6.07) is 0.212. The lowest BCUT2D eigenvalue weighted by Crippen LogP contribution is -2.45. The maximum Gasteiger partial charge on any atom is 0.220 e. The summed E-state index contributed by atoms with van der Waals surface area (Å²) in [6.07, 6.45) is 10.4. The molecule has 3 nitrogen and oxygen atoms in total. The zero-order valence-corrected chi connectivity index (χ0v) is 11.2. The van der Waals surface area contributed by atoms with Crippen LogP contribution >= 0.6 is 0 Å². The second-order valence-corrected chi connectivity index (χ2v) is 5.26. The third kappa shape index (κ3) is 5.53. The van der Waals surface area contributed by atoms with Crippen LogP contribution in [0.2, 0.25) is 0 Å². The van der Waals surface area contributed by atoms with Gasteiger partial charge in [-0.1, -0.05) is 39.0 Å². The van der Waals surface area contributed by atoms with Crippen molar-refractivity contribution in [3.05, 3.63) is 0 Å². The SMILES string of the molecule is CCCCCC(=O)NC(CN)C1CCCCC1. The Morgan fingerprint density at radius 3 is 2.59 bits per heavy atom. The number of carbonyl (C=O) groups is 1. The number of unbranched alkanes of at least 4 members (excludes halogenated alkanes) is 2. The molecule has 0 bridgehead atoms. The molecule has 1 atom stereocenters. The molecule has 1 rings (SSSR count). The van der Waals surface area contributed by atoms with E-state index in [1.165, 1.54) is 32.1 Å². The van der Waals surface area contributed by atoms with Crippen molar-refractivity contribution in [2.24, 2.45) is 11.7 Å². The van der Waals surface area contributed by atoms with Crippen molar-refractivity contribution in [2.75, 3.05) is 6.54 Å². The van der Waals surface area contributed by atoms with E-state index in [1.807, 2.05) is 0 Å². The molecule has 0 spiro atoms. The van der Waals surface area contributed by atoms with E-state index in [0.29, 0.717) is 18.9 Å². The quantitative estimate of drug-likeness (QED) is 0.672. The topological polar surface area (TPSA) is 55.1 Å². The van der Waals surface area contributed by atoms with Crippen LogP contribution in [0.4, 0.5) is 0 Å². The molecule has 100 valence electrons. The Labute approximate surface area is 106 Å². The molecule has 1 aliphatic rings. The van der Waals surface area contributed by atoms with E-state index in [1.54, 1.807) is 0 Å². The molecule has 3 heteroatoms. The van der Waals surface area contributed by atoms with E-state index >= 15 is 0 Å². The molecule has 0 aromatic rings. The molecule has 17 heavy (non-hydrogen) atoms. The first kappa shape index (κ1) is 14.5. The molecule has 0 radical (unpaired) electrons. The zero-order valence-electron chi connectivity index (χ0n) is 11.2. The molecule has 0 heterocycles. The second-order valence-electron chi connectivity index (χ2n) is 5.26. The summed E-state index contributed by atoms with van der Waals surface area (Å²) >= 11 is 0. The third-order valence-corrected chi connectivity index (χ3v) is 3.83. The molecule has 1 amide bonds. The number of carbonyl (C=O) groups excluding carboxylic acids is 1. The van der Waals surface area contributed by atoms with Crippen molar-refractivity contribution in [1.82, 2.24) is 5.32 Å². The zero-order chi connectivity index (χ0) is 12.5. The predicted octanol–water partition coefficient (Wildman–Crippen LogP) is 2.59. The van der Waals surface area contributed by atoms with Crippen molar-refractivity contribution in [2.45, 2.75) is 70.8 Å². The van der Waals surface area contributed by atoms with E-state index in [-0.39, 0.29) is 11.9 Å². The van der Waals surface area contributed by atoms with Crippen LogP contribution in [0.5, 0.6) is 0 Å². The fraction of sp³-hybridized carbons (Fsp3) is 0.929. The monoisotopic (exact) mass is 240 g/mol. The van der Waals surface area contributed by atoms with E-state index in [2.05, 4.69) is 12.2 Å². The van der Waals surface area contributed by atoms with Crippen molar-refractivity contribution < 1.29 is 4.79 Å². The first-order chi connectivity index (χ1) is 8.27. The van der Waals surface area contributed by atoms with Gasteiger partial charge in [0.1, 0.15) is 0 Å². The molecule has 0 saturated heterocycles. The Hall–Kier alpha value is -0.570. The van der Waals surface area contributed by atoms with Crippen molar-refractivity contribution >= 4 is 5.91 Å². The summed E-state index contributed by atoms with van der Waals surface area (Å²) in [5.41, 5.74) is 5.79. The molecule has 3 N–H and O–H groups in total. The van der Waals surface area contributed by atoms with Crippen LogP contribution in [0, 0.1) is 5.92 Å². The number of rotatable bonds is 7. The van der Waals surface area contributed by atoms with Crippen LogP contribution in [0.25, 0.3) is 0 Å². The van der Waals surface area contributed by atoms with Crippen molar-refractivity contribution in [3.63, 3.8) is 0 Å². The minimum atomic E-state index is 0.194. The van der Waals surface area contributed by atoms with Gasteiger partial charge in [-0.05, 0) is 25.2 Å². The summed E-state index contributed by atoms with van der Waals surface area (Å²) in [5.74, 6) is 0.809. The maximum atomic E-state index is 11.8. The number of amides is 1. The minimum absolute atomic E-state index is 0.194. The Balaban J connectivity index is 2.27. The third-order valence-electron chi connectivity index (χ3n) is 3.83. The molecule has 0 aromatic heterocycles. The number of hydrogen-bond donors (Lipinski definition) is 2. The summed E-state index contributed by atoms with van der Waals surface area (Å²) in [5, 5.41) is 3.13. The van der Waals surface area contributed by atoms with Gasteiger partial charge in [-0.3, -0.25) is 4.79 Å². The van der Waals surface area contributed by atoms with E-state index < -0.39 is 0 Å². The normalized spacial score (nSPS) is 18.9. The van der Waals surface area contributed by atoms with Gasteiger partial charge in [-0.15, -0.1) is 0 Å². The average molecular weight is 240 g/mol. The number of nitrogens with one attached hydrogen (secondary N) is 1. The fourth-order valence-electron chi connectivity index (χ4n) is 2.72. The Bertz CT molecular complexity index is 212. The first-order valence-electron chi connectivity index (χ1n) is 7.27. The van der Waals surface area contributed by atoms with Gasteiger partial charge in [0, 0.05) is 19.0 Å². The first-order valence-corrected chi connectivity index (χ1v) is 7.27. The molecular weight excluding hydrogens is 212 g/mol. The highest BCUT2D eigenvalue weighted by atomic mass is 16.1. The van der Waals surface area contributed by atoms with Gasteiger partial charge >= 0.3 is 0 Å². The predicted molar refractivity (Wildman–Crippen MR) is 71.7 cm³/mol. The van der Waals surface area contributed by atoms with E-state index in [9.17, 15) is 4.79 Å². The standard InChI is InChI=1S/C14H28N2O/c1-2-3-5-10-14(17)16-13(11-15)12-8-6-4-7-9-12/h12-13H,2-11,15H2,1H3,(H,16,17). The highest BCUT2D eigenvalue weighted by Gasteiger charge is 2.23. The molecule has 1 saturated carbocycles. The summed E-state index contributed by atoms with van der Waals surface area (Å²) < 4.78 is 0. The Kier molecular flexibility index (Phi) is 7.25. The van der Waals surface area contributed by atoms with Gasteiger partial charge in [-0.25, -0.2) is 0 Å². The largest absolute Gasteiger partial charge is 0.352 e. The lowest BCUT2D eigenvalue weighted by atomic mass is 9.84. The van der Waals surface area contributed by atoms with Crippen LogP contribution in [0.1, 0.15) is 64.7 Å². The van der Waals surface area contributed by atoms with Crippen LogP contribution in [0.15, 0.2) is 0 Å². The van der Waals surface area contributed by atoms with E-state index in [0.717, 1.165) is 19.3 Å². The van der Waals surface area contributed by atoms with Gasteiger partial charge in [-0.2, -0.15) is 0 Å². The van der Waals surface area contributed by atoms with Crippen molar-refractivity contribution in [3.8, 4) is 0 Å². The number of nitrogens with two attached hydrogens (primary N) is 1. The molecule has 1 aliphatic carbocycles. The van der Waals surface area contributed by atoms with Crippen LogP contribution < -0.4 is 11.1 Å². The Morgan fingerprint density at radius 2 is 2.00 bits per heavy atom. The average Bonchev–Trinajstić information content (AvgIpc) is 2.37. The van der Waals surface area contributed by atoms with Gasteiger partial charge < -0.3 is 11.1 Å². The molecular formula is C14H28N2O. The molecule has 0 aromatic carbocycles. The van der Waals surface area contributed by atoms with Crippen molar-refractivity contribution in [1.29, 1.82) is 0 Å². The summed E-state index contributed by atoms with van der Waals surface area (Å²) in [6.45, 7) is 2.74. The molecule has 0 aliphatic heterocycles.